The SMILES string of the molecule is COc1cc(C(=O)N2CCCN(S(C)(=O)=O)CC2)ccc1OCc1ccc(Cl)cc1. The van der Waals surface area contributed by atoms with Crippen molar-refractivity contribution in [3.05, 3.63) is 58.6 Å². The van der Waals surface area contributed by atoms with E-state index in [1.807, 2.05) is 12.1 Å². The van der Waals surface area contributed by atoms with Crippen LogP contribution < -0.4 is 9.47 Å². The molecule has 1 aliphatic rings. The molecule has 0 spiro atoms. The second-order valence-corrected chi connectivity index (χ2v) is 9.51. The summed E-state index contributed by atoms with van der Waals surface area (Å²) < 4.78 is 36.2. The molecular formula is C21H25ClN2O5S. The van der Waals surface area contributed by atoms with E-state index in [1.54, 1.807) is 35.2 Å². The van der Waals surface area contributed by atoms with Gasteiger partial charge in [0.25, 0.3) is 5.91 Å². The summed E-state index contributed by atoms with van der Waals surface area (Å²) in [5, 5.41) is 0.660. The Balaban J connectivity index is 1.69. The topological polar surface area (TPSA) is 76.2 Å². The smallest absolute Gasteiger partial charge is 0.254 e. The molecule has 0 radical (unpaired) electrons. The summed E-state index contributed by atoms with van der Waals surface area (Å²) in [5.41, 5.74) is 1.43. The van der Waals surface area contributed by atoms with Crippen molar-refractivity contribution in [2.24, 2.45) is 0 Å². The van der Waals surface area contributed by atoms with E-state index in [9.17, 15) is 13.2 Å². The number of hydrogen-bond donors (Lipinski definition) is 0. The zero-order valence-electron chi connectivity index (χ0n) is 17.0. The van der Waals surface area contributed by atoms with E-state index in [-0.39, 0.29) is 5.91 Å². The van der Waals surface area contributed by atoms with Gasteiger partial charge >= 0.3 is 0 Å². The highest BCUT2D eigenvalue weighted by atomic mass is 35.5. The number of amides is 1. The van der Waals surface area contributed by atoms with Crippen molar-refractivity contribution in [1.82, 2.24) is 9.21 Å². The van der Waals surface area contributed by atoms with Gasteiger partial charge in [0.05, 0.1) is 13.4 Å². The van der Waals surface area contributed by atoms with Crippen LogP contribution in [0.5, 0.6) is 11.5 Å². The molecule has 0 atom stereocenters. The van der Waals surface area contributed by atoms with Crippen molar-refractivity contribution in [2.75, 3.05) is 39.5 Å². The Bertz CT molecular complexity index is 995. The van der Waals surface area contributed by atoms with E-state index in [1.165, 1.54) is 17.7 Å². The van der Waals surface area contributed by atoms with Gasteiger partial charge in [-0.3, -0.25) is 4.79 Å². The molecule has 162 valence electrons. The highest BCUT2D eigenvalue weighted by Crippen LogP contribution is 2.29. The summed E-state index contributed by atoms with van der Waals surface area (Å²) in [6, 6.07) is 12.4. The van der Waals surface area contributed by atoms with Crippen LogP contribution in [-0.2, 0) is 16.6 Å². The first kappa shape index (κ1) is 22.4. The Morgan fingerprint density at radius 3 is 2.43 bits per heavy atom. The maximum absolute atomic E-state index is 12.9. The van der Waals surface area contributed by atoms with Crippen molar-refractivity contribution in [2.45, 2.75) is 13.0 Å². The lowest BCUT2D eigenvalue weighted by molar-refractivity contribution is 0.0764. The molecule has 1 fully saturated rings. The van der Waals surface area contributed by atoms with Gasteiger partial charge in [-0.05, 0) is 42.3 Å². The average Bonchev–Trinajstić information content (AvgIpc) is 2.99. The van der Waals surface area contributed by atoms with Gasteiger partial charge in [-0.1, -0.05) is 23.7 Å². The predicted molar refractivity (Wildman–Crippen MR) is 116 cm³/mol. The van der Waals surface area contributed by atoms with Crippen LogP contribution in [0.3, 0.4) is 0 Å². The van der Waals surface area contributed by atoms with Gasteiger partial charge in [-0.25, -0.2) is 12.7 Å². The summed E-state index contributed by atoms with van der Waals surface area (Å²) in [7, 11) is -1.74. The zero-order chi connectivity index (χ0) is 21.7. The average molecular weight is 453 g/mol. The van der Waals surface area contributed by atoms with Gasteiger partial charge in [0.1, 0.15) is 6.61 Å². The van der Waals surface area contributed by atoms with Gasteiger partial charge in [0.2, 0.25) is 10.0 Å². The van der Waals surface area contributed by atoms with Crippen molar-refractivity contribution < 1.29 is 22.7 Å². The van der Waals surface area contributed by atoms with Gasteiger partial charge < -0.3 is 14.4 Å². The molecule has 1 aliphatic heterocycles. The number of carbonyl (C=O) groups is 1. The fourth-order valence-corrected chi connectivity index (χ4v) is 4.27. The molecule has 0 bridgehead atoms. The third-order valence-corrected chi connectivity index (χ3v) is 6.48. The van der Waals surface area contributed by atoms with E-state index in [0.717, 1.165) is 5.56 Å². The lowest BCUT2D eigenvalue weighted by atomic mass is 10.1. The van der Waals surface area contributed by atoms with Gasteiger partial charge in [0.15, 0.2) is 11.5 Å². The predicted octanol–water partition coefficient (Wildman–Crippen LogP) is 3.04. The quantitative estimate of drug-likeness (QED) is 0.673. The number of rotatable bonds is 6. The molecule has 2 aromatic carbocycles. The minimum Gasteiger partial charge on any atom is -0.493 e. The number of benzene rings is 2. The molecule has 30 heavy (non-hydrogen) atoms. The monoisotopic (exact) mass is 452 g/mol. The number of ether oxygens (including phenoxy) is 2. The minimum absolute atomic E-state index is 0.159. The normalized spacial score (nSPS) is 15.5. The van der Waals surface area contributed by atoms with E-state index in [4.69, 9.17) is 21.1 Å². The number of hydrogen-bond acceptors (Lipinski definition) is 5. The maximum Gasteiger partial charge on any atom is 0.254 e. The second kappa shape index (κ2) is 9.68. The molecule has 1 heterocycles. The Morgan fingerprint density at radius 1 is 1.03 bits per heavy atom. The van der Waals surface area contributed by atoms with Crippen LogP contribution in [0.4, 0.5) is 0 Å². The highest BCUT2D eigenvalue weighted by molar-refractivity contribution is 7.88. The molecular weight excluding hydrogens is 428 g/mol. The van der Waals surface area contributed by atoms with Crippen molar-refractivity contribution >= 4 is 27.5 Å². The van der Waals surface area contributed by atoms with Gasteiger partial charge in [-0.2, -0.15) is 0 Å². The molecule has 0 aromatic heterocycles. The Labute approximate surface area is 182 Å². The largest absolute Gasteiger partial charge is 0.493 e. The Morgan fingerprint density at radius 2 is 1.77 bits per heavy atom. The standard InChI is InChI=1S/C21H25ClN2O5S/c1-28-20-14-17(6-9-19(20)29-15-16-4-7-18(22)8-5-16)21(25)23-10-3-11-24(13-12-23)30(2,26)27/h4-9,14H,3,10-13,15H2,1-2H3. The first-order valence-corrected chi connectivity index (χ1v) is 11.8. The molecule has 0 saturated carbocycles. The molecule has 2 aromatic rings. The summed E-state index contributed by atoms with van der Waals surface area (Å²) in [6.07, 6.45) is 1.79. The van der Waals surface area contributed by atoms with Crippen molar-refractivity contribution in [3.8, 4) is 11.5 Å². The van der Waals surface area contributed by atoms with E-state index in [2.05, 4.69) is 0 Å². The summed E-state index contributed by atoms with van der Waals surface area (Å²) in [5.74, 6) is 0.832. The lowest BCUT2D eigenvalue weighted by Crippen LogP contribution is -2.36. The van der Waals surface area contributed by atoms with E-state index in [0.29, 0.717) is 61.3 Å². The molecule has 0 unspecified atom stereocenters. The van der Waals surface area contributed by atoms with Crippen LogP contribution in [0.25, 0.3) is 0 Å². The number of nitrogens with zero attached hydrogens (tertiary/aromatic N) is 2. The van der Waals surface area contributed by atoms with Crippen LogP contribution in [0, 0.1) is 0 Å². The summed E-state index contributed by atoms with van der Waals surface area (Å²) in [4.78, 5) is 14.6. The summed E-state index contributed by atoms with van der Waals surface area (Å²) in [6.45, 7) is 1.91. The number of methoxy groups -OCH3 is 1. The summed E-state index contributed by atoms with van der Waals surface area (Å²) >= 11 is 5.90. The first-order chi connectivity index (χ1) is 14.3. The molecule has 1 saturated heterocycles. The number of sulfonamides is 1. The van der Waals surface area contributed by atoms with E-state index < -0.39 is 10.0 Å². The molecule has 9 heteroatoms. The van der Waals surface area contributed by atoms with Crippen LogP contribution in [0.1, 0.15) is 22.3 Å². The van der Waals surface area contributed by atoms with Gasteiger partial charge in [-0.15, -0.1) is 0 Å². The molecule has 0 N–H and O–H groups in total. The third kappa shape index (κ3) is 5.65. The Hall–Kier alpha value is -2.29. The van der Waals surface area contributed by atoms with E-state index >= 15 is 0 Å². The fourth-order valence-electron chi connectivity index (χ4n) is 3.27. The number of carbonyl (C=O) groups excluding carboxylic acids is 1. The first-order valence-electron chi connectivity index (χ1n) is 9.57. The van der Waals surface area contributed by atoms with Crippen LogP contribution in [0.15, 0.2) is 42.5 Å². The maximum atomic E-state index is 12.9. The molecule has 1 amide bonds. The van der Waals surface area contributed by atoms with Gasteiger partial charge in [0, 0.05) is 36.8 Å². The number of halogens is 1. The van der Waals surface area contributed by atoms with Crippen molar-refractivity contribution in [3.63, 3.8) is 0 Å². The van der Waals surface area contributed by atoms with Crippen LogP contribution in [-0.4, -0.2) is 63.1 Å². The zero-order valence-corrected chi connectivity index (χ0v) is 18.6. The van der Waals surface area contributed by atoms with Crippen molar-refractivity contribution in [1.29, 1.82) is 0 Å². The van der Waals surface area contributed by atoms with Crippen LogP contribution in [0.2, 0.25) is 5.02 Å². The highest BCUT2D eigenvalue weighted by Gasteiger charge is 2.25. The third-order valence-electron chi connectivity index (χ3n) is 4.93. The molecule has 0 aliphatic carbocycles. The van der Waals surface area contributed by atoms with Crippen LogP contribution >= 0.6 is 11.6 Å². The Kier molecular flexibility index (Phi) is 7.23. The molecule has 7 nitrogen and oxygen atoms in total. The lowest BCUT2D eigenvalue weighted by Gasteiger charge is -2.21. The minimum atomic E-state index is -3.26. The fraction of sp³-hybridized carbons (Fsp3) is 0.381. The second-order valence-electron chi connectivity index (χ2n) is 7.09. The molecule has 3 rings (SSSR count).